The molecule has 3 nitrogen and oxygen atoms in total. The smallest absolute Gasteiger partial charge is 0.161 e. The summed E-state index contributed by atoms with van der Waals surface area (Å²) in [5.74, 6) is 1.69. The van der Waals surface area contributed by atoms with Crippen LogP contribution in [0.4, 0.5) is 0 Å². The fourth-order valence-electron chi connectivity index (χ4n) is 2.44. The van der Waals surface area contributed by atoms with Gasteiger partial charge in [-0.25, -0.2) is 0 Å². The SMILES string of the molecule is CCNC(c1ccc2c(c1)OCCCO2)c1sccc1Br. The highest BCUT2D eigenvalue weighted by Crippen LogP contribution is 2.37. The molecule has 21 heavy (non-hydrogen) atoms. The molecule has 1 atom stereocenters. The van der Waals surface area contributed by atoms with Crippen LogP contribution in [0.1, 0.15) is 29.8 Å². The summed E-state index contributed by atoms with van der Waals surface area (Å²) in [5.41, 5.74) is 1.20. The molecule has 1 aromatic heterocycles. The van der Waals surface area contributed by atoms with Crippen LogP contribution in [0, 0.1) is 0 Å². The van der Waals surface area contributed by atoms with Gasteiger partial charge < -0.3 is 14.8 Å². The van der Waals surface area contributed by atoms with Crippen LogP contribution in [0.2, 0.25) is 0 Å². The van der Waals surface area contributed by atoms with Crippen molar-refractivity contribution in [1.29, 1.82) is 0 Å². The predicted octanol–water partition coefficient (Wildman–Crippen LogP) is 4.37. The molecule has 112 valence electrons. The second-order valence-electron chi connectivity index (χ2n) is 4.88. The van der Waals surface area contributed by atoms with Gasteiger partial charge in [-0.2, -0.15) is 0 Å². The lowest BCUT2D eigenvalue weighted by Gasteiger charge is -2.19. The molecule has 3 rings (SSSR count). The molecule has 0 amide bonds. The van der Waals surface area contributed by atoms with Crippen molar-refractivity contribution in [2.24, 2.45) is 0 Å². The Morgan fingerprint density at radius 3 is 2.76 bits per heavy atom. The summed E-state index contributed by atoms with van der Waals surface area (Å²) in [6.07, 6.45) is 0.928. The summed E-state index contributed by atoms with van der Waals surface area (Å²) in [6.45, 7) is 4.46. The van der Waals surface area contributed by atoms with E-state index in [1.807, 2.05) is 6.07 Å². The molecule has 1 unspecified atom stereocenters. The van der Waals surface area contributed by atoms with E-state index in [1.165, 1.54) is 10.4 Å². The number of thiophene rings is 1. The number of benzene rings is 1. The van der Waals surface area contributed by atoms with E-state index in [9.17, 15) is 0 Å². The van der Waals surface area contributed by atoms with Crippen LogP contribution in [0.25, 0.3) is 0 Å². The third-order valence-corrected chi connectivity index (χ3v) is 5.36. The summed E-state index contributed by atoms with van der Waals surface area (Å²) < 4.78 is 12.7. The molecule has 0 bridgehead atoms. The van der Waals surface area contributed by atoms with Crippen molar-refractivity contribution in [3.8, 4) is 11.5 Å². The van der Waals surface area contributed by atoms with Gasteiger partial charge in [0.2, 0.25) is 0 Å². The highest BCUT2D eigenvalue weighted by molar-refractivity contribution is 9.10. The van der Waals surface area contributed by atoms with Gasteiger partial charge in [0.1, 0.15) is 0 Å². The van der Waals surface area contributed by atoms with E-state index >= 15 is 0 Å². The summed E-state index contributed by atoms with van der Waals surface area (Å²) >= 11 is 5.39. The number of hydrogen-bond donors (Lipinski definition) is 1. The molecule has 1 aliphatic rings. The van der Waals surface area contributed by atoms with Gasteiger partial charge in [0.25, 0.3) is 0 Å². The van der Waals surface area contributed by atoms with Crippen molar-refractivity contribution < 1.29 is 9.47 Å². The van der Waals surface area contributed by atoms with Crippen molar-refractivity contribution in [1.82, 2.24) is 5.32 Å². The van der Waals surface area contributed by atoms with Gasteiger partial charge in [0.15, 0.2) is 11.5 Å². The number of rotatable bonds is 4. The van der Waals surface area contributed by atoms with Gasteiger partial charge in [0.05, 0.1) is 19.3 Å². The molecule has 0 saturated heterocycles. The van der Waals surface area contributed by atoms with E-state index in [4.69, 9.17) is 9.47 Å². The van der Waals surface area contributed by atoms with Gasteiger partial charge >= 0.3 is 0 Å². The fraction of sp³-hybridized carbons (Fsp3) is 0.375. The minimum Gasteiger partial charge on any atom is -0.490 e. The van der Waals surface area contributed by atoms with Gasteiger partial charge in [-0.05, 0) is 51.6 Å². The van der Waals surface area contributed by atoms with E-state index in [-0.39, 0.29) is 6.04 Å². The van der Waals surface area contributed by atoms with Crippen LogP contribution < -0.4 is 14.8 Å². The largest absolute Gasteiger partial charge is 0.490 e. The van der Waals surface area contributed by atoms with Gasteiger partial charge in [0, 0.05) is 15.8 Å². The molecule has 5 heteroatoms. The molecule has 0 radical (unpaired) electrons. The number of fused-ring (bicyclic) bond motifs is 1. The van der Waals surface area contributed by atoms with Crippen LogP contribution in [-0.4, -0.2) is 19.8 Å². The number of nitrogens with one attached hydrogen (secondary N) is 1. The lowest BCUT2D eigenvalue weighted by atomic mass is 10.0. The average Bonchev–Trinajstić information content (AvgIpc) is 2.78. The maximum absolute atomic E-state index is 5.80. The Bertz CT molecular complexity index is 614. The van der Waals surface area contributed by atoms with Crippen molar-refractivity contribution >= 4 is 27.3 Å². The zero-order valence-electron chi connectivity index (χ0n) is 11.9. The zero-order valence-corrected chi connectivity index (χ0v) is 14.3. The van der Waals surface area contributed by atoms with E-state index in [2.05, 4.69) is 51.7 Å². The van der Waals surface area contributed by atoms with Crippen LogP contribution in [0.15, 0.2) is 34.1 Å². The lowest BCUT2D eigenvalue weighted by molar-refractivity contribution is 0.297. The molecule has 0 fully saturated rings. The van der Waals surface area contributed by atoms with Gasteiger partial charge in [-0.1, -0.05) is 13.0 Å². The zero-order chi connectivity index (χ0) is 14.7. The standard InChI is InChI=1S/C16H18BrNO2S/c1-2-18-15(16-12(17)6-9-21-16)11-4-5-13-14(10-11)20-8-3-7-19-13/h4-6,9-10,15,18H,2-3,7-8H2,1H3. The Labute approximate surface area is 137 Å². The second-order valence-corrected chi connectivity index (χ2v) is 6.68. The average molecular weight is 368 g/mol. The molecule has 1 N–H and O–H groups in total. The molecule has 0 aliphatic carbocycles. The highest BCUT2D eigenvalue weighted by Gasteiger charge is 2.20. The molecule has 0 saturated carbocycles. The third-order valence-electron chi connectivity index (χ3n) is 3.42. The normalized spacial score (nSPS) is 15.5. The number of ether oxygens (including phenoxy) is 2. The van der Waals surface area contributed by atoms with Crippen molar-refractivity contribution in [3.63, 3.8) is 0 Å². The van der Waals surface area contributed by atoms with Crippen LogP contribution in [-0.2, 0) is 0 Å². The highest BCUT2D eigenvalue weighted by atomic mass is 79.9. The van der Waals surface area contributed by atoms with E-state index in [0.29, 0.717) is 6.61 Å². The maximum atomic E-state index is 5.80. The van der Waals surface area contributed by atoms with Crippen LogP contribution >= 0.6 is 27.3 Å². The first-order valence-corrected chi connectivity index (χ1v) is 8.82. The fourth-order valence-corrected chi connectivity index (χ4v) is 4.14. The first kappa shape index (κ1) is 14.9. The minimum atomic E-state index is 0.168. The summed E-state index contributed by atoms with van der Waals surface area (Å²) in [4.78, 5) is 1.28. The van der Waals surface area contributed by atoms with Gasteiger partial charge in [-0.3, -0.25) is 0 Å². The summed E-state index contributed by atoms with van der Waals surface area (Å²) in [6, 6.07) is 8.49. The molecule has 2 aromatic rings. The Hall–Kier alpha value is -1.04. The molecular weight excluding hydrogens is 350 g/mol. The summed E-state index contributed by atoms with van der Waals surface area (Å²) in [5, 5.41) is 5.65. The van der Waals surface area contributed by atoms with Crippen molar-refractivity contribution in [2.75, 3.05) is 19.8 Å². The second kappa shape index (κ2) is 6.81. The number of halogens is 1. The quantitative estimate of drug-likeness (QED) is 0.869. The molecule has 1 aromatic carbocycles. The Kier molecular flexibility index (Phi) is 4.83. The maximum Gasteiger partial charge on any atom is 0.161 e. The Morgan fingerprint density at radius 1 is 1.24 bits per heavy atom. The monoisotopic (exact) mass is 367 g/mol. The van der Waals surface area contributed by atoms with E-state index in [0.717, 1.165) is 35.5 Å². The third kappa shape index (κ3) is 3.25. The first-order chi connectivity index (χ1) is 10.3. The van der Waals surface area contributed by atoms with E-state index < -0.39 is 0 Å². The van der Waals surface area contributed by atoms with Gasteiger partial charge in [-0.15, -0.1) is 11.3 Å². The van der Waals surface area contributed by atoms with Crippen molar-refractivity contribution in [2.45, 2.75) is 19.4 Å². The van der Waals surface area contributed by atoms with Crippen LogP contribution in [0.5, 0.6) is 11.5 Å². The predicted molar refractivity (Wildman–Crippen MR) is 89.6 cm³/mol. The van der Waals surface area contributed by atoms with Crippen LogP contribution in [0.3, 0.4) is 0 Å². The minimum absolute atomic E-state index is 0.168. The van der Waals surface area contributed by atoms with E-state index in [1.54, 1.807) is 11.3 Å². The topological polar surface area (TPSA) is 30.5 Å². The summed E-state index contributed by atoms with van der Waals surface area (Å²) in [7, 11) is 0. The molecule has 0 spiro atoms. The first-order valence-electron chi connectivity index (χ1n) is 7.15. The molecular formula is C16H18BrNO2S. The lowest BCUT2D eigenvalue weighted by Crippen LogP contribution is -2.21. The molecule has 2 heterocycles. The number of hydrogen-bond acceptors (Lipinski definition) is 4. The van der Waals surface area contributed by atoms with Crippen molar-refractivity contribution in [3.05, 3.63) is 44.6 Å². The molecule has 1 aliphatic heterocycles. The Morgan fingerprint density at radius 2 is 2.05 bits per heavy atom. The Balaban J connectivity index is 1.96.